The van der Waals surface area contributed by atoms with Crippen LogP contribution >= 0.6 is 11.8 Å². The fourth-order valence-electron chi connectivity index (χ4n) is 3.42. The van der Waals surface area contributed by atoms with Gasteiger partial charge >= 0.3 is 0 Å². The van der Waals surface area contributed by atoms with Crippen molar-refractivity contribution in [3.63, 3.8) is 0 Å². The van der Waals surface area contributed by atoms with E-state index < -0.39 is 11.6 Å². The summed E-state index contributed by atoms with van der Waals surface area (Å²) in [6.07, 6.45) is 4.70. The van der Waals surface area contributed by atoms with E-state index in [9.17, 15) is 8.78 Å². The van der Waals surface area contributed by atoms with E-state index in [-0.39, 0.29) is 12.0 Å². The second-order valence-corrected chi connectivity index (χ2v) is 8.61. The zero-order valence-electron chi connectivity index (χ0n) is 16.8. The van der Waals surface area contributed by atoms with Crippen molar-refractivity contribution in [3.8, 4) is 0 Å². The van der Waals surface area contributed by atoms with Crippen molar-refractivity contribution in [2.24, 2.45) is 0 Å². The van der Waals surface area contributed by atoms with Crippen molar-refractivity contribution in [1.82, 2.24) is 19.5 Å². The molecule has 29 heavy (non-hydrogen) atoms. The average molecular weight is 418 g/mol. The standard InChI is InChI=1S/C21H25F2N5S/c1-4-8-29-21-26-19(18-20(27-21)28(11-24-18)12(3)5-2)25-17-10-14(17)13-6-7-15(22)16(23)9-13/h6-7,9,11-12,14,17H,4-5,8,10H2,1-3H3,(H,25,26,27). The van der Waals surface area contributed by atoms with Crippen molar-refractivity contribution >= 4 is 28.7 Å². The third-order valence-electron chi connectivity index (χ3n) is 5.39. The van der Waals surface area contributed by atoms with Gasteiger partial charge in [-0.15, -0.1) is 0 Å². The summed E-state index contributed by atoms with van der Waals surface area (Å²) in [5.74, 6) is 0.181. The monoisotopic (exact) mass is 417 g/mol. The summed E-state index contributed by atoms with van der Waals surface area (Å²) in [6.45, 7) is 6.42. The average Bonchev–Trinajstić information content (AvgIpc) is 3.35. The Morgan fingerprint density at radius 3 is 2.79 bits per heavy atom. The maximum absolute atomic E-state index is 13.6. The number of rotatable bonds is 8. The maximum atomic E-state index is 13.6. The molecule has 1 aromatic carbocycles. The molecule has 0 radical (unpaired) electrons. The summed E-state index contributed by atoms with van der Waals surface area (Å²) in [5, 5.41) is 4.21. The summed E-state index contributed by atoms with van der Waals surface area (Å²) >= 11 is 1.63. The molecule has 0 aliphatic heterocycles. The zero-order chi connectivity index (χ0) is 20.5. The molecule has 1 aliphatic carbocycles. The van der Waals surface area contributed by atoms with Crippen LogP contribution in [-0.4, -0.2) is 31.3 Å². The fourth-order valence-corrected chi connectivity index (χ4v) is 4.11. The van der Waals surface area contributed by atoms with E-state index in [1.54, 1.807) is 17.8 Å². The Kier molecular flexibility index (Phi) is 5.72. The van der Waals surface area contributed by atoms with Crippen LogP contribution in [-0.2, 0) is 0 Å². The summed E-state index contributed by atoms with van der Waals surface area (Å²) in [7, 11) is 0. The van der Waals surface area contributed by atoms with Gasteiger partial charge in [-0.2, -0.15) is 0 Å². The van der Waals surface area contributed by atoms with Crippen molar-refractivity contribution in [2.75, 3.05) is 11.1 Å². The zero-order valence-corrected chi connectivity index (χ0v) is 17.6. The topological polar surface area (TPSA) is 55.6 Å². The van der Waals surface area contributed by atoms with Gasteiger partial charge in [-0.1, -0.05) is 31.7 Å². The van der Waals surface area contributed by atoms with Gasteiger partial charge in [0.05, 0.1) is 6.33 Å². The number of hydrogen-bond donors (Lipinski definition) is 1. The van der Waals surface area contributed by atoms with Gasteiger partial charge in [0.25, 0.3) is 0 Å². The van der Waals surface area contributed by atoms with Crippen LogP contribution in [0.1, 0.15) is 57.6 Å². The Hall–Kier alpha value is -2.22. The molecular formula is C21H25F2N5S. The number of benzene rings is 1. The molecule has 154 valence electrons. The normalized spacial score (nSPS) is 19.5. The molecule has 0 spiro atoms. The molecule has 1 fully saturated rings. The van der Waals surface area contributed by atoms with Crippen LogP contribution in [0.3, 0.4) is 0 Å². The van der Waals surface area contributed by atoms with Gasteiger partial charge in [-0.25, -0.2) is 23.7 Å². The molecule has 2 aromatic heterocycles. The highest BCUT2D eigenvalue weighted by Crippen LogP contribution is 2.43. The molecular weight excluding hydrogens is 392 g/mol. The maximum Gasteiger partial charge on any atom is 0.191 e. The third-order valence-corrected chi connectivity index (χ3v) is 6.44. The van der Waals surface area contributed by atoms with Gasteiger partial charge in [-0.05, 0) is 43.9 Å². The molecule has 3 atom stereocenters. The van der Waals surface area contributed by atoms with Gasteiger partial charge in [0, 0.05) is 23.8 Å². The molecule has 3 aromatic rings. The fraction of sp³-hybridized carbons (Fsp3) is 0.476. The molecule has 1 aliphatic rings. The van der Waals surface area contributed by atoms with Gasteiger partial charge in [0.1, 0.15) is 0 Å². The van der Waals surface area contributed by atoms with Crippen LogP contribution in [0.25, 0.3) is 11.2 Å². The summed E-state index contributed by atoms with van der Waals surface area (Å²) in [4.78, 5) is 14.0. The highest BCUT2D eigenvalue weighted by Gasteiger charge is 2.39. The minimum Gasteiger partial charge on any atom is -0.365 e. The van der Waals surface area contributed by atoms with E-state index in [1.165, 1.54) is 12.1 Å². The molecule has 3 unspecified atom stereocenters. The number of nitrogens with zero attached hydrogens (tertiary/aromatic N) is 4. The molecule has 0 amide bonds. The molecule has 1 N–H and O–H groups in total. The summed E-state index contributed by atoms with van der Waals surface area (Å²) in [5.41, 5.74) is 2.39. The minimum absolute atomic E-state index is 0.121. The quantitative estimate of drug-likeness (QED) is 0.385. The first-order chi connectivity index (χ1) is 14.0. The largest absolute Gasteiger partial charge is 0.365 e. The Morgan fingerprint density at radius 2 is 2.07 bits per heavy atom. The Morgan fingerprint density at radius 1 is 1.24 bits per heavy atom. The van der Waals surface area contributed by atoms with Crippen LogP contribution in [0, 0.1) is 11.6 Å². The lowest BCUT2D eigenvalue weighted by atomic mass is 10.1. The van der Waals surface area contributed by atoms with Gasteiger partial charge < -0.3 is 9.88 Å². The molecule has 1 saturated carbocycles. The van der Waals surface area contributed by atoms with Gasteiger partial charge in [-0.3, -0.25) is 0 Å². The lowest BCUT2D eigenvalue weighted by Gasteiger charge is -2.13. The number of halogens is 2. The van der Waals surface area contributed by atoms with Gasteiger partial charge in [0.15, 0.2) is 33.8 Å². The first-order valence-corrected chi connectivity index (χ1v) is 11.1. The van der Waals surface area contributed by atoms with Gasteiger partial charge in [0.2, 0.25) is 0 Å². The Balaban J connectivity index is 1.62. The molecule has 2 heterocycles. The number of fused-ring (bicyclic) bond motifs is 1. The van der Waals surface area contributed by atoms with Crippen LogP contribution in [0.15, 0.2) is 29.7 Å². The van der Waals surface area contributed by atoms with E-state index in [2.05, 4.69) is 35.6 Å². The van der Waals surface area contributed by atoms with E-state index in [0.29, 0.717) is 11.9 Å². The van der Waals surface area contributed by atoms with Crippen LogP contribution in [0.4, 0.5) is 14.6 Å². The first kappa shape index (κ1) is 20.1. The number of anilines is 1. The first-order valence-electron chi connectivity index (χ1n) is 10.1. The highest BCUT2D eigenvalue weighted by atomic mass is 32.2. The second kappa shape index (κ2) is 8.26. The number of aromatic nitrogens is 4. The van der Waals surface area contributed by atoms with Crippen LogP contribution in [0.2, 0.25) is 0 Å². The van der Waals surface area contributed by atoms with Crippen LogP contribution in [0.5, 0.6) is 0 Å². The predicted octanol–water partition coefficient (Wildman–Crippen LogP) is 5.55. The molecule has 0 bridgehead atoms. The van der Waals surface area contributed by atoms with Crippen molar-refractivity contribution < 1.29 is 8.78 Å². The smallest absolute Gasteiger partial charge is 0.191 e. The number of imidazole rings is 1. The molecule has 5 nitrogen and oxygen atoms in total. The predicted molar refractivity (Wildman–Crippen MR) is 112 cm³/mol. The van der Waals surface area contributed by atoms with E-state index in [0.717, 1.165) is 46.9 Å². The SMILES string of the molecule is CCCSc1nc(NC2CC2c2ccc(F)c(F)c2)c2ncn(C(C)CC)c2n1. The molecule has 8 heteroatoms. The van der Waals surface area contributed by atoms with E-state index in [4.69, 9.17) is 9.97 Å². The van der Waals surface area contributed by atoms with Crippen molar-refractivity contribution in [2.45, 2.75) is 63.2 Å². The van der Waals surface area contributed by atoms with Crippen molar-refractivity contribution in [3.05, 3.63) is 41.7 Å². The third kappa shape index (κ3) is 4.08. The van der Waals surface area contributed by atoms with E-state index in [1.807, 2.05) is 6.33 Å². The number of thioether (sulfide) groups is 1. The number of hydrogen-bond acceptors (Lipinski definition) is 5. The minimum atomic E-state index is -0.815. The lowest BCUT2D eigenvalue weighted by molar-refractivity contribution is 0.507. The lowest BCUT2D eigenvalue weighted by Crippen LogP contribution is -2.09. The summed E-state index contributed by atoms with van der Waals surface area (Å²) in [6, 6.07) is 4.55. The van der Waals surface area contributed by atoms with Crippen molar-refractivity contribution in [1.29, 1.82) is 0 Å². The second-order valence-electron chi connectivity index (χ2n) is 7.55. The Labute approximate surface area is 173 Å². The highest BCUT2D eigenvalue weighted by molar-refractivity contribution is 7.99. The number of nitrogens with one attached hydrogen (secondary N) is 1. The van der Waals surface area contributed by atoms with E-state index >= 15 is 0 Å². The molecule has 4 rings (SSSR count). The summed E-state index contributed by atoms with van der Waals surface area (Å²) < 4.78 is 28.9. The Bertz CT molecular complexity index is 1020. The molecule has 0 saturated heterocycles. The van der Waals surface area contributed by atoms with Crippen LogP contribution < -0.4 is 5.32 Å².